The lowest BCUT2D eigenvalue weighted by Crippen LogP contribution is -2.47. The van der Waals surface area contributed by atoms with E-state index in [0.29, 0.717) is 36.7 Å². The molecule has 0 saturated carbocycles. The van der Waals surface area contributed by atoms with E-state index in [9.17, 15) is 9.82 Å². The standard InChI is InChI=1S/C24H27BN6O3/c1-15(32)22-21(14-30(25(2)33)18-7-9-34-10-8-18)29-24-19(13-28-31(24)23(22)26)17-11-16-5-3-4-6-20(16)27-12-17/h3-6,11-13,18,33H,7-10,14,26H2,1-2H3. The van der Waals surface area contributed by atoms with Crippen LogP contribution >= 0.6 is 0 Å². The summed E-state index contributed by atoms with van der Waals surface area (Å²) >= 11 is 0. The summed E-state index contributed by atoms with van der Waals surface area (Å²) in [6, 6.07) is 10.1. The van der Waals surface area contributed by atoms with E-state index in [4.69, 9.17) is 15.5 Å². The average Bonchev–Trinajstić information content (AvgIpc) is 3.26. The Bertz CT molecular complexity index is 1370. The Morgan fingerprint density at radius 2 is 2.06 bits per heavy atom. The summed E-state index contributed by atoms with van der Waals surface area (Å²) in [6.45, 7) is 4.78. The molecule has 1 aromatic carbocycles. The van der Waals surface area contributed by atoms with E-state index in [1.54, 1.807) is 19.2 Å². The molecule has 0 radical (unpaired) electrons. The maximum Gasteiger partial charge on any atom is 0.376 e. The third kappa shape index (κ3) is 4.04. The third-order valence-corrected chi connectivity index (χ3v) is 6.48. The van der Waals surface area contributed by atoms with Crippen molar-refractivity contribution in [1.29, 1.82) is 0 Å². The molecule has 5 rings (SSSR count). The minimum atomic E-state index is -0.712. The van der Waals surface area contributed by atoms with E-state index in [1.807, 2.05) is 35.1 Å². The van der Waals surface area contributed by atoms with Crippen molar-refractivity contribution in [1.82, 2.24) is 24.4 Å². The topological polar surface area (TPSA) is 119 Å². The number of benzene rings is 1. The molecule has 0 bridgehead atoms. The van der Waals surface area contributed by atoms with Gasteiger partial charge in [-0.1, -0.05) is 18.2 Å². The van der Waals surface area contributed by atoms with E-state index in [0.717, 1.165) is 34.9 Å². The second kappa shape index (κ2) is 9.13. The molecular formula is C24H27BN6O3. The van der Waals surface area contributed by atoms with Crippen LogP contribution in [0.1, 0.15) is 35.8 Å². The van der Waals surface area contributed by atoms with Crippen molar-refractivity contribution < 1.29 is 14.6 Å². The molecule has 34 heavy (non-hydrogen) atoms. The summed E-state index contributed by atoms with van der Waals surface area (Å²) in [5, 5.41) is 16.0. The number of rotatable bonds is 6. The zero-order valence-electron chi connectivity index (χ0n) is 19.3. The Hall–Kier alpha value is -3.34. The number of hydrogen-bond donors (Lipinski definition) is 2. The van der Waals surface area contributed by atoms with Gasteiger partial charge in [0.05, 0.1) is 23.0 Å². The van der Waals surface area contributed by atoms with Gasteiger partial charge in [0.25, 0.3) is 0 Å². The minimum Gasteiger partial charge on any atom is -0.437 e. The first-order chi connectivity index (χ1) is 16.4. The number of carbonyl (C=O) groups excluding carboxylic acids is 1. The van der Waals surface area contributed by atoms with E-state index in [2.05, 4.69) is 10.1 Å². The van der Waals surface area contributed by atoms with Gasteiger partial charge >= 0.3 is 7.05 Å². The van der Waals surface area contributed by atoms with Crippen LogP contribution < -0.4 is 5.73 Å². The molecule has 0 spiro atoms. The lowest BCUT2D eigenvalue weighted by atomic mass is 9.81. The van der Waals surface area contributed by atoms with Crippen LogP contribution in [0.4, 0.5) is 5.82 Å². The summed E-state index contributed by atoms with van der Waals surface area (Å²) in [4.78, 5) is 24.0. The summed E-state index contributed by atoms with van der Waals surface area (Å²) in [5.74, 6) is 0.0499. The SMILES string of the molecule is CB(O)N(Cc1nc2c(-c3cnc4ccccc4c3)cnn2c(N)c1C(C)=O)C1CCOCC1. The highest BCUT2D eigenvalue weighted by molar-refractivity contribution is 6.45. The number of fused-ring (bicyclic) bond motifs is 2. The first-order valence-corrected chi connectivity index (χ1v) is 11.5. The van der Waals surface area contributed by atoms with Crippen molar-refractivity contribution in [3.63, 3.8) is 0 Å². The molecule has 3 N–H and O–H groups in total. The highest BCUT2D eigenvalue weighted by Gasteiger charge is 2.30. The Morgan fingerprint density at radius 3 is 2.79 bits per heavy atom. The number of anilines is 1. The number of nitrogen functional groups attached to an aromatic ring is 1. The van der Waals surface area contributed by atoms with Gasteiger partial charge < -0.3 is 20.3 Å². The maximum absolute atomic E-state index is 12.6. The Morgan fingerprint density at radius 1 is 1.29 bits per heavy atom. The second-order valence-electron chi connectivity index (χ2n) is 8.73. The van der Waals surface area contributed by atoms with Crippen LogP contribution in [-0.4, -0.2) is 61.5 Å². The van der Waals surface area contributed by atoms with Crippen LogP contribution in [0.15, 0.2) is 42.7 Å². The molecule has 10 heteroatoms. The number of nitrogens with zero attached hydrogens (tertiary/aromatic N) is 5. The van der Waals surface area contributed by atoms with Crippen LogP contribution in [-0.2, 0) is 11.3 Å². The number of ether oxygens (including phenoxy) is 1. The third-order valence-electron chi connectivity index (χ3n) is 6.48. The van der Waals surface area contributed by atoms with E-state index in [1.165, 1.54) is 11.4 Å². The van der Waals surface area contributed by atoms with Gasteiger partial charge in [-0.2, -0.15) is 9.61 Å². The van der Waals surface area contributed by atoms with Crippen molar-refractivity contribution in [2.24, 2.45) is 0 Å². The Kier molecular flexibility index (Phi) is 6.03. The summed E-state index contributed by atoms with van der Waals surface area (Å²) in [5.41, 5.74) is 10.4. The largest absolute Gasteiger partial charge is 0.437 e. The van der Waals surface area contributed by atoms with Gasteiger partial charge in [-0.05, 0) is 38.7 Å². The maximum atomic E-state index is 12.6. The molecule has 174 valence electrons. The number of carbonyl (C=O) groups is 1. The zero-order chi connectivity index (χ0) is 23.8. The molecule has 1 saturated heterocycles. The lowest BCUT2D eigenvalue weighted by Gasteiger charge is -2.35. The van der Waals surface area contributed by atoms with Crippen molar-refractivity contribution >= 4 is 35.2 Å². The number of hydrogen-bond acceptors (Lipinski definition) is 8. The Labute approximate surface area is 197 Å². The van der Waals surface area contributed by atoms with Crippen LogP contribution in [0.3, 0.4) is 0 Å². The van der Waals surface area contributed by atoms with E-state index < -0.39 is 7.05 Å². The van der Waals surface area contributed by atoms with Crippen molar-refractivity contribution in [3.8, 4) is 11.1 Å². The van der Waals surface area contributed by atoms with Gasteiger partial charge in [0.15, 0.2) is 11.4 Å². The van der Waals surface area contributed by atoms with Crippen LogP contribution in [0.25, 0.3) is 27.7 Å². The van der Waals surface area contributed by atoms with E-state index >= 15 is 0 Å². The lowest BCUT2D eigenvalue weighted by molar-refractivity contribution is 0.0518. The van der Waals surface area contributed by atoms with Crippen molar-refractivity contribution in [2.75, 3.05) is 18.9 Å². The van der Waals surface area contributed by atoms with Crippen LogP contribution in [0.5, 0.6) is 0 Å². The van der Waals surface area contributed by atoms with Crippen molar-refractivity contribution in [2.45, 2.75) is 39.2 Å². The molecule has 4 heterocycles. The number of ketones is 1. The fraction of sp³-hybridized carbons (Fsp3) is 0.333. The predicted molar refractivity (Wildman–Crippen MR) is 131 cm³/mol. The molecule has 1 aliphatic heterocycles. The average molecular weight is 458 g/mol. The van der Waals surface area contributed by atoms with Gasteiger partial charge in [-0.15, -0.1) is 0 Å². The van der Waals surface area contributed by atoms with Gasteiger partial charge in [0, 0.05) is 48.5 Å². The molecule has 0 unspecified atom stereocenters. The fourth-order valence-corrected chi connectivity index (χ4v) is 4.74. The van der Waals surface area contributed by atoms with Gasteiger partial charge in [-0.3, -0.25) is 9.78 Å². The quantitative estimate of drug-likeness (QED) is 0.335. The highest BCUT2D eigenvalue weighted by Crippen LogP contribution is 2.30. The molecule has 0 aliphatic carbocycles. The number of aromatic nitrogens is 4. The molecule has 0 amide bonds. The molecule has 1 aliphatic rings. The molecule has 4 aromatic rings. The fourth-order valence-electron chi connectivity index (χ4n) is 4.74. The molecule has 1 fully saturated rings. The number of pyridine rings is 1. The van der Waals surface area contributed by atoms with Gasteiger partial charge in [-0.25, -0.2) is 4.98 Å². The molecular weight excluding hydrogens is 431 g/mol. The second-order valence-corrected chi connectivity index (χ2v) is 8.73. The highest BCUT2D eigenvalue weighted by atomic mass is 16.5. The first kappa shape index (κ1) is 22.5. The first-order valence-electron chi connectivity index (χ1n) is 11.5. The smallest absolute Gasteiger partial charge is 0.376 e. The molecule has 9 nitrogen and oxygen atoms in total. The summed E-state index contributed by atoms with van der Waals surface area (Å²) in [7, 11) is -0.712. The minimum absolute atomic E-state index is 0.127. The van der Waals surface area contributed by atoms with Crippen LogP contribution in [0.2, 0.25) is 6.82 Å². The van der Waals surface area contributed by atoms with Gasteiger partial charge in [0.2, 0.25) is 0 Å². The number of nitrogens with two attached hydrogens (primary N) is 1. The molecule has 0 atom stereocenters. The Balaban J connectivity index is 1.63. The zero-order valence-corrected chi connectivity index (χ0v) is 19.3. The summed E-state index contributed by atoms with van der Waals surface area (Å²) < 4.78 is 6.99. The normalized spacial score (nSPS) is 14.8. The van der Waals surface area contributed by atoms with Crippen LogP contribution in [0, 0.1) is 0 Å². The van der Waals surface area contributed by atoms with E-state index in [-0.39, 0.29) is 17.6 Å². The number of Topliss-reactive ketones (excluding diaryl/α,β-unsaturated/α-hetero) is 1. The number of para-hydroxylation sites is 1. The van der Waals surface area contributed by atoms with Gasteiger partial charge in [0.1, 0.15) is 5.82 Å². The monoisotopic (exact) mass is 458 g/mol. The van der Waals surface area contributed by atoms with Crippen molar-refractivity contribution in [3.05, 3.63) is 54.0 Å². The predicted octanol–water partition coefficient (Wildman–Crippen LogP) is 2.82. The summed E-state index contributed by atoms with van der Waals surface area (Å²) in [6.07, 6.45) is 5.10. The molecule has 3 aromatic heterocycles.